The minimum absolute atomic E-state index is 0.694. The molecule has 5 aromatic heterocycles. The van der Waals surface area contributed by atoms with Crippen LogP contribution in [0.3, 0.4) is 0 Å². The minimum Gasteiger partial charge on any atom is -0.353 e. The Morgan fingerprint density at radius 3 is 2.76 bits per heavy atom. The molecule has 6 aromatic rings. The molecule has 6 rings (SSSR count). The number of fused-ring (bicyclic) bond motifs is 2. The molecule has 0 unspecified atom stereocenters. The largest absolute Gasteiger partial charge is 0.353 e. The third-order valence-corrected chi connectivity index (χ3v) is 6.21. The van der Waals surface area contributed by atoms with E-state index in [0.29, 0.717) is 5.65 Å². The number of nitrogens with one attached hydrogen (secondary N) is 3. The highest BCUT2D eigenvalue weighted by Gasteiger charge is 2.15. The van der Waals surface area contributed by atoms with Gasteiger partial charge in [-0.3, -0.25) is 10.2 Å². The molecule has 0 fully saturated rings. The van der Waals surface area contributed by atoms with E-state index in [1.807, 2.05) is 23.7 Å². The fraction of sp³-hybridized carbons (Fsp3) is 0.0455. The van der Waals surface area contributed by atoms with E-state index in [-0.39, 0.29) is 0 Å². The van der Waals surface area contributed by atoms with Gasteiger partial charge in [0, 0.05) is 55.1 Å². The van der Waals surface area contributed by atoms with Gasteiger partial charge in [-0.1, -0.05) is 12.1 Å². The van der Waals surface area contributed by atoms with E-state index in [1.54, 1.807) is 6.20 Å². The van der Waals surface area contributed by atoms with Crippen LogP contribution in [0.5, 0.6) is 0 Å². The number of H-pyrrole nitrogens is 3. The summed E-state index contributed by atoms with van der Waals surface area (Å²) >= 11 is 1.81. The van der Waals surface area contributed by atoms with Crippen LogP contribution < -0.4 is 0 Å². The van der Waals surface area contributed by atoms with Crippen molar-refractivity contribution in [2.24, 2.45) is 0 Å². The minimum atomic E-state index is 0.694. The standard InChI is InChI=1S/C22H16N6S/c1-12-5-6-20(29-12)15-3-2-4-18-16(15)8-19(26-18)21-17-7-13(14-10-24-25-11-14)9-23-22(17)28-27-21/h2-11,26H,1H3,(H,24,25)(H,23,27,28). The smallest absolute Gasteiger partial charge is 0.181 e. The number of rotatable bonds is 3. The van der Waals surface area contributed by atoms with Gasteiger partial charge in [0.15, 0.2) is 5.65 Å². The lowest BCUT2D eigenvalue weighted by molar-refractivity contribution is 1.09. The number of hydrogen-bond acceptors (Lipinski definition) is 4. The van der Waals surface area contributed by atoms with E-state index in [4.69, 9.17) is 0 Å². The summed E-state index contributed by atoms with van der Waals surface area (Å²) in [5.41, 5.74) is 6.96. The van der Waals surface area contributed by atoms with Crippen LogP contribution in [0, 0.1) is 6.92 Å². The Kier molecular flexibility index (Phi) is 3.45. The normalized spacial score (nSPS) is 11.6. The van der Waals surface area contributed by atoms with Crippen LogP contribution in [0.25, 0.3) is 54.9 Å². The average Bonchev–Trinajstić information content (AvgIpc) is 3.51. The molecule has 0 saturated heterocycles. The number of nitrogens with zero attached hydrogens (tertiary/aromatic N) is 3. The molecular weight excluding hydrogens is 380 g/mol. The summed E-state index contributed by atoms with van der Waals surface area (Å²) in [5.74, 6) is 0. The summed E-state index contributed by atoms with van der Waals surface area (Å²) in [7, 11) is 0. The molecule has 5 heterocycles. The van der Waals surface area contributed by atoms with Crippen LogP contribution >= 0.6 is 11.3 Å². The summed E-state index contributed by atoms with van der Waals surface area (Å²) in [4.78, 5) is 10.6. The van der Waals surface area contributed by atoms with Gasteiger partial charge in [-0.25, -0.2) is 4.98 Å². The third-order valence-electron chi connectivity index (χ3n) is 5.18. The van der Waals surface area contributed by atoms with Gasteiger partial charge in [0.25, 0.3) is 0 Å². The van der Waals surface area contributed by atoms with Crippen molar-refractivity contribution in [3.8, 4) is 33.0 Å². The lowest BCUT2D eigenvalue weighted by atomic mass is 10.1. The van der Waals surface area contributed by atoms with Gasteiger partial charge in [0.1, 0.15) is 0 Å². The molecule has 0 radical (unpaired) electrons. The average molecular weight is 396 g/mol. The Balaban J connectivity index is 1.53. The van der Waals surface area contributed by atoms with Crippen molar-refractivity contribution in [2.45, 2.75) is 6.92 Å². The molecule has 0 aliphatic heterocycles. The fourth-order valence-electron chi connectivity index (χ4n) is 3.76. The Labute approximate surface area is 169 Å². The monoisotopic (exact) mass is 396 g/mol. The maximum atomic E-state index is 4.51. The van der Waals surface area contributed by atoms with E-state index in [2.05, 4.69) is 79.8 Å². The number of benzene rings is 1. The molecule has 29 heavy (non-hydrogen) atoms. The Morgan fingerprint density at radius 1 is 0.966 bits per heavy atom. The van der Waals surface area contributed by atoms with Gasteiger partial charge >= 0.3 is 0 Å². The summed E-state index contributed by atoms with van der Waals surface area (Å²) in [5, 5.41) is 16.6. The van der Waals surface area contributed by atoms with Crippen molar-refractivity contribution in [2.75, 3.05) is 0 Å². The van der Waals surface area contributed by atoms with E-state index in [9.17, 15) is 0 Å². The van der Waals surface area contributed by atoms with E-state index in [1.165, 1.54) is 20.7 Å². The number of aromatic amines is 3. The van der Waals surface area contributed by atoms with Crippen molar-refractivity contribution in [1.82, 2.24) is 30.4 Å². The van der Waals surface area contributed by atoms with Crippen LogP contribution in [0.15, 0.2) is 61.1 Å². The molecule has 0 saturated carbocycles. The predicted molar refractivity (Wildman–Crippen MR) is 117 cm³/mol. The van der Waals surface area contributed by atoms with E-state index >= 15 is 0 Å². The topological polar surface area (TPSA) is 86.0 Å². The highest BCUT2D eigenvalue weighted by Crippen LogP contribution is 2.36. The summed E-state index contributed by atoms with van der Waals surface area (Å²) in [6.45, 7) is 2.14. The quantitative estimate of drug-likeness (QED) is 0.367. The highest BCUT2D eigenvalue weighted by molar-refractivity contribution is 7.15. The van der Waals surface area contributed by atoms with Crippen LogP contribution in [0.1, 0.15) is 4.88 Å². The molecule has 0 spiro atoms. The van der Waals surface area contributed by atoms with Gasteiger partial charge in [-0.05, 0) is 37.3 Å². The molecule has 0 amide bonds. The molecule has 0 aliphatic carbocycles. The zero-order valence-corrected chi connectivity index (χ0v) is 16.3. The predicted octanol–water partition coefficient (Wildman–Crippen LogP) is 5.53. The lowest BCUT2D eigenvalue weighted by Crippen LogP contribution is -1.81. The van der Waals surface area contributed by atoms with Crippen LogP contribution in [0.2, 0.25) is 0 Å². The molecular formula is C22H16N6S. The van der Waals surface area contributed by atoms with Crippen LogP contribution in [-0.4, -0.2) is 30.4 Å². The SMILES string of the molecule is Cc1ccc(-c2cccc3[nH]c(-c4[nH]nc5ncc(-c6cn[nH]c6)cc45)cc23)s1. The molecule has 0 atom stereocenters. The Hall–Kier alpha value is -3.71. The zero-order chi connectivity index (χ0) is 19.4. The molecule has 6 nitrogen and oxygen atoms in total. The van der Waals surface area contributed by atoms with E-state index < -0.39 is 0 Å². The highest BCUT2D eigenvalue weighted by atomic mass is 32.1. The van der Waals surface area contributed by atoms with Crippen LogP contribution in [-0.2, 0) is 0 Å². The molecule has 7 heteroatoms. The summed E-state index contributed by atoms with van der Waals surface area (Å²) in [6.07, 6.45) is 5.47. The lowest BCUT2D eigenvalue weighted by Gasteiger charge is -1.99. The first-order valence-electron chi connectivity index (χ1n) is 9.28. The molecule has 0 bridgehead atoms. The second-order valence-electron chi connectivity index (χ2n) is 7.04. The number of aryl methyl sites for hydroxylation is 1. The summed E-state index contributed by atoms with van der Waals surface area (Å²) < 4.78 is 0. The first-order valence-corrected chi connectivity index (χ1v) is 10.1. The summed E-state index contributed by atoms with van der Waals surface area (Å²) in [6, 6.07) is 15.0. The second-order valence-corrected chi connectivity index (χ2v) is 8.33. The van der Waals surface area contributed by atoms with Crippen molar-refractivity contribution < 1.29 is 0 Å². The fourth-order valence-corrected chi connectivity index (χ4v) is 4.66. The maximum Gasteiger partial charge on any atom is 0.181 e. The van der Waals surface area contributed by atoms with Crippen molar-refractivity contribution in [3.63, 3.8) is 0 Å². The van der Waals surface area contributed by atoms with Gasteiger partial charge in [-0.15, -0.1) is 11.3 Å². The molecule has 1 aromatic carbocycles. The van der Waals surface area contributed by atoms with Crippen molar-refractivity contribution in [1.29, 1.82) is 0 Å². The van der Waals surface area contributed by atoms with Crippen molar-refractivity contribution >= 4 is 33.3 Å². The molecule has 3 N–H and O–H groups in total. The zero-order valence-electron chi connectivity index (χ0n) is 15.5. The first-order chi connectivity index (χ1) is 14.3. The van der Waals surface area contributed by atoms with Crippen LogP contribution in [0.4, 0.5) is 0 Å². The van der Waals surface area contributed by atoms with Gasteiger partial charge in [0.2, 0.25) is 0 Å². The van der Waals surface area contributed by atoms with Gasteiger partial charge in [0.05, 0.1) is 17.6 Å². The first kappa shape index (κ1) is 16.3. The van der Waals surface area contributed by atoms with E-state index in [0.717, 1.165) is 33.4 Å². The number of thiophene rings is 1. The molecule has 0 aliphatic rings. The second kappa shape index (κ2) is 6.15. The number of pyridine rings is 1. The number of aromatic nitrogens is 6. The molecule has 140 valence electrons. The Bertz CT molecular complexity index is 1470. The third kappa shape index (κ3) is 2.59. The maximum absolute atomic E-state index is 4.51. The van der Waals surface area contributed by atoms with Crippen molar-refractivity contribution in [3.05, 3.63) is 65.9 Å². The number of hydrogen-bond donors (Lipinski definition) is 3. The van der Waals surface area contributed by atoms with Gasteiger partial charge in [-0.2, -0.15) is 10.2 Å². The Morgan fingerprint density at radius 2 is 1.93 bits per heavy atom. The van der Waals surface area contributed by atoms with Gasteiger partial charge < -0.3 is 4.98 Å².